The van der Waals surface area contributed by atoms with Crippen molar-refractivity contribution in [3.05, 3.63) is 40.7 Å². The summed E-state index contributed by atoms with van der Waals surface area (Å²) in [5.41, 5.74) is 2.81. The fraction of sp³-hybridized carbons (Fsp3) is 0.421. The van der Waals surface area contributed by atoms with E-state index in [4.69, 9.17) is 4.74 Å². The predicted molar refractivity (Wildman–Crippen MR) is 102 cm³/mol. The smallest absolute Gasteiger partial charge is 0.273 e. The molecular weight excluding hydrogens is 348 g/mol. The summed E-state index contributed by atoms with van der Waals surface area (Å²) in [6.07, 6.45) is 3.00. The molecule has 0 spiro atoms. The molecule has 1 aliphatic heterocycles. The molecule has 0 radical (unpaired) electrons. The number of aryl methyl sites for hydroxylation is 1. The number of amides is 1. The van der Waals surface area contributed by atoms with Gasteiger partial charge in [0.05, 0.1) is 23.8 Å². The number of nitrogens with one attached hydrogen (secondary N) is 1. The van der Waals surface area contributed by atoms with Crippen LogP contribution >= 0.6 is 11.3 Å². The molecule has 1 aromatic carbocycles. The Morgan fingerprint density at radius 2 is 2.23 bits per heavy atom. The average molecular weight is 370 g/mol. The van der Waals surface area contributed by atoms with Crippen molar-refractivity contribution in [2.45, 2.75) is 26.2 Å². The summed E-state index contributed by atoms with van der Waals surface area (Å²) in [5.74, 6) is 1.49. The van der Waals surface area contributed by atoms with Crippen molar-refractivity contribution in [2.24, 2.45) is 5.92 Å². The van der Waals surface area contributed by atoms with Gasteiger partial charge in [0.25, 0.3) is 11.1 Å². The van der Waals surface area contributed by atoms with Crippen LogP contribution in [0.1, 0.15) is 34.0 Å². The van der Waals surface area contributed by atoms with Gasteiger partial charge in [0.2, 0.25) is 0 Å². The third kappa shape index (κ3) is 3.31. The van der Waals surface area contributed by atoms with Crippen LogP contribution in [-0.4, -0.2) is 46.0 Å². The zero-order valence-electron chi connectivity index (χ0n) is 15.0. The largest absolute Gasteiger partial charge is 0.473 e. The van der Waals surface area contributed by atoms with Crippen molar-refractivity contribution >= 4 is 28.3 Å². The SMILES string of the molecule is COc1nc(C)c(C(=O)N2CCC[C@@H](Cc3nc4ccccc4[nH]3)C2)s1. The van der Waals surface area contributed by atoms with E-state index in [0.29, 0.717) is 16.0 Å². The van der Waals surface area contributed by atoms with E-state index in [9.17, 15) is 4.79 Å². The molecule has 6 nitrogen and oxygen atoms in total. The number of fused-ring (bicyclic) bond motifs is 1. The molecule has 1 saturated heterocycles. The first-order valence-corrected chi connectivity index (χ1v) is 9.70. The molecule has 3 aromatic rings. The molecule has 7 heteroatoms. The third-order valence-corrected chi connectivity index (χ3v) is 5.98. The van der Waals surface area contributed by atoms with E-state index in [1.165, 1.54) is 11.3 Å². The summed E-state index contributed by atoms with van der Waals surface area (Å²) >= 11 is 1.33. The number of aromatic nitrogens is 3. The minimum absolute atomic E-state index is 0.0672. The molecule has 1 aliphatic rings. The monoisotopic (exact) mass is 370 g/mol. The number of aromatic amines is 1. The number of hydrogen-bond donors (Lipinski definition) is 1. The standard InChI is InChI=1S/C19H22N4O2S/c1-12-17(26-19(20-12)25-2)18(24)23-9-5-6-13(11-23)10-16-21-14-7-3-4-8-15(14)22-16/h3-4,7-8,13H,5-6,9-11H2,1-2H3,(H,21,22)/t13-/m0/s1. The lowest BCUT2D eigenvalue weighted by Crippen LogP contribution is -2.40. The predicted octanol–water partition coefficient (Wildman–Crippen LogP) is 3.43. The van der Waals surface area contributed by atoms with E-state index < -0.39 is 0 Å². The van der Waals surface area contributed by atoms with Gasteiger partial charge in [0, 0.05) is 19.5 Å². The number of thiazole rings is 1. The number of rotatable bonds is 4. The summed E-state index contributed by atoms with van der Waals surface area (Å²) in [6, 6.07) is 8.07. The quantitative estimate of drug-likeness (QED) is 0.764. The molecule has 0 aliphatic carbocycles. The summed E-state index contributed by atoms with van der Waals surface area (Å²) in [7, 11) is 1.58. The van der Waals surface area contributed by atoms with Crippen LogP contribution in [0.2, 0.25) is 0 Å². The summed E-state index contributed by atoms with van der Waals surface area (Å²) in [5, 5.41) is 0.543. The fourth-order valence-corrected chi connectivity index (χ4v) is 4.44. The number of piperidine rings is 1. The number of H-pyrrole nitrogens is 1. The normalized spacial score (nSPS) is 17.6. The van der Waals surface area contributed by atoms with E-state index in [1.54, 1.807) is 7.11 Å². The van der Waals surface area contributed by atoms with Gasteiger partial charge in [-0.25, -0.2) is 9.97 Å². The van der Waals surface area contributed by atoms with Gasteiger partial charge in [-0.2, -0.15) is 0 Å². The molecular formula is C19H22N4O2S. The van der Waals surface area contributed by atoms with E-state index in [1.807, 2.05) is 36.1 Å². The Kier molecular flexibility index (Phi) is 4.63. The molecule has 0 unspecified atom stereocenters. The van der Waals surface area contributed by atoms with Gasteiger partial charge in [0.15, 0.2) is 0 Å². The first kappa shape index (κ1) is 17.0. The van der Waals surface area contributed by atoms with Crippen molar-refractivity contribution < 1.29 is 9.53 Å². The van der Waals surface area contributed by atoms with E-state index in [2.05, 4.69) is 15.0 Å². The Morgan fingerprint density at radius 1 is 1.38 bits per heavy atom. The van der Waals surface area contributed by atoms with Crippen LogP contribution < -0.4 is 4.74 Å². The number of carbonyl (C=O) groups is 1. The Bertz CT molecular complexity index is 900. The van der Waals surface area contributed by atoms with Gasteiger partial charge < -0.3 is 14.6 Å². The lowest BCUT2D eigenvalue weighted by Gasteiger charge is -2.32. The molecule has 136 valence electrons. The molecule has 1 atom stereocenters. The van der Waals surface area contributed by atoms with Crippen LogP contribution in [-0.2, 0) is 6.42 Å². The Balaban J connectivity index is 1.46. The minimum atomic E-state index is 0.0672. The second-order valence-corrected chi connectivity index (χ2v) is 7.72. The first-order valence-electron chi connectivity index (χ1n) is 8.88. The Hall–Kier alpha value is -2.41. The molecule has 0 bridgehead atoms. The average Bonchev–Trinajstić information content (AvgIpc) is 3.23. The number of hydrogen-bond acceptors (Lipinski definition) is 5. The molecule has 2 aromatic heterocycles. The van der Waals surface area contributed by atoms with Crippen molar-refractivity contribution in [3.8, 4) is 5.19 Å². The molecule has 4 rings (SSSR count). The first-order chi connectivity index (χ1) is 12.6. The van der Waals surface area contributed by atoms with Crippen molar-refractivity contribution in [1.29, 1.82) is 0 Å². The topological polar surface area (TPSA) is 71.1 Å². The molecule has 26 heavy (non-hydrogen) atoms. The van der Waals surface area contributed by atoms with Crippen molar-refractivity contribution in [3.63, 3.8) is 0 Å². The summed E-state index contributed by atoms with van der Waals surface area (Å²) in [6.45, 7) is 3.42. The second-order valence-electron chi connectivity index (χ2n) is 6.76. The number of imidazole rings is 1. The van der Waals surface area contributed by atoms with Crippen LogP contribution in [0.5, 0.6) is 5.19 Å². The van der Waals surface area contributed by atoms with E-state index in [-0.39, 0.29) is 5.91 Å². The lowest BCUT2D eigenvalue weighted by molar-refractivity contribution is 0.0676. The van der Waals surface area contributed by atoms with Crippen molar-refractivity contribution in [1.82, 2.24) is 19.9 Å². The number of ether oxygens (including phenoxy) is 1. The van der Waals surface area contributed by atoms with Gasteiger partial charge in [-0.05, 0) is 37.8 Å². The van der Waals surface area contributed by atoms with Crippen LogP contribution in [0, 0.1) is 12.8 Å². The zero-order chi connectivity index (χ0) is 18.1. The van der Waals surface area contributed by atoms with Crippen LogP contribution in [0.3, 0.4) is 0 Å². The van der Waals surface area contributed by atoms with Gasteiger partial charge >= 0.3 is 0 Å². The fourth-order valence-electron chi connectivity index (χ4n) is 3.59. The summed E-state index contributed by atoms with van der Waals surface area (Å²) < 4.78 is 5.17. The second kappa shape index (κ2) is 7.07. The number of benzene rings is 1. The Morgan fingerprint density at radius 3 is 3.00 bits per heavy atom. The highest BCUT2D eigenvalue weighted by Gasteiger charge is 2.28. The maximum absolute atomic E-state index is 12.9. The van der Waals surface area contributed by atoms with Crippen LogP contribution in [0.15, 0.2) is 24.3 Å². The number of para-hydroxylation sites is 2. The number of methoxy groups -OCH3 is 1. The summed E-state index contributed by atoms with van der Waals surface area (Å²) in [4.78, 5) is 27.9. The van der Waals surface area contributed by atoms with E-state index in [0.717, 1.165) is 54.9 Å². The van der Waals surface area contributed by atoms with Gasteiger partial charge in [-0.15, -0.1) is 0 Å². The molecule has 1 fully saturated rings. The highest BCUT2D eigenvalue weighted by molar-refractivity contribution is 7.15. The number of carbonyl (C=O) groups excluding carboxylic acids is 1. The third-order valence-electron chi connectivity index (χ3n) is 4.87. The maximum Gasteiger partial charge on any atom is 0.273 e. The highest BCUT2D eigenvalue weighted by atomic mass is 32.1. The maximum atomic E-state index is 12.9. The lowest BCUT2D eigenvalue weighted by atomic mass is 9.94. The van der Waals surface area contributed by atoms with Crippen LogP contribution in [0.25, 0.3) is 11.0 Å². The van der Waals surface area contributed by atoms with Gasteiger partial charge in [-0.3, -0.25) is 4.79 Å². The molecule has 0 saturated carbocycles. The number of nitrogens with zero attached hydrogens (tertiary/aromatic N) is 3. The minimum Gasteiger partial charge on any atom is -0.473 e. The van der Waals surface area contributed by atoms with Crippen molar-refractivity contribution in [2.75, 3.05) is 20.2 Å². The molecule has 3 heterocycles. The molecule has 1 amide bonds. The van der Waals surface area contributed by atoms with Gasteiger partial charge in [-0.1, -0.05) is 23.5 Å². The van der Waals surface area contributed by atoms with E-state index >= 15 is 0 Å². The Labute approximate surface area is 156 Å². The zero-order valence-corrected chi connectivity index (χ0v) is 15.8. The molecule has 1 N–H and O–H groups in total. The highest BCUT2D eigenvalue weighted by Crippen LogP contribution is 2.28. The van der Waals surface area contributed by atoms with Crippen LogP contribution in [0.4, 0.5) is 0 Å². The number of likely N-dealkylation sites (tertiary alicyclic amines) is 1. The van der Waals surface area contributed by atoms with Gasteiger partial charge in [0.1, 0.15) is 10.7 Å².